The third kappa shape index (κ3) is 4.28. The van der Waals surface area contributed by atoms with E-state index in [1.165, 1.54) is 6.08 Å². The maximum Gasteiger partial charge on any atom is 0.274 e. The van der Waals surface area contributed by atoms with Gasteiger partial charge in [0.2, 0.25) is 5.91 Å². The summed E-state index contributed by atoms with van der Waals surface area (Å²) >= 11 is 0. The Hall–Kier alpha value is -4.39. The average Bonchev–Trinajstić information content (AvgIpc) is 3.38. The number of para-hydroxylation sites is 1. The molecule has 1 aliphatic rings. The van der Waals surface area contributed by atoms with Crippen LogP contribution < -0.4 is 5.32 Å². The van der Waals surface area contributed by atoms with Crippen molar-refractivity contribution in [1.82, 2.24) is 19.9 Å². The predicted octanol–water partition coefficient (Wildman–Crippen LogP) is 4.45. The number of carbonyl (C=O) groups excluding carboxylic acids is 2. The third-order valence-corrected chi connectivity index (χ3v) is 6.11. The summed E-state index contributed by atoms with van der Waals surface area (Å²) in [7, 11) is 0. The van der Waals surface area contributed by atoms with Gasteiger partial charge in [-0.15, -0.1) is 0 Å². The topological polar surface area (TPSA) is 88.1 Å². The molecule has 4 aromatic rings. The molecule has 3 heterocycles. The molecule has 1 saturated heterocycles. The summed E-state index contributed by atoms with van der Waals surface area (Å²) in [6.45, 7) is 4.92. The fourth-order valence-corrected chi connectivity index (χ4v) is 4.37. The van der Waals surface area contributed by atoms with Gasteiger partial charge in [-0.2, -0.15) is 0 Å². The number of fused-ring (bicyclic) bond motifs is 1. The van der Waals surface area contributed by atoms with Crippen LogP contribution >= 0.6 is 0 Å². The molecule has 34 heavy (non-hydrogen) atoms. The van der Waals surface area contributed by atoms with Crippen molar-refractivity contribution in [3.63, 3.8) is 0 Å². The standard InChI is InChI=1S/C27H23N5O2/c1-2-25(33)32-11-10-19(16-32)23-13-20(12-21-14-28-17-30-26(21)23)18-8-9-24(29-15-18)27(34)31-22-6-4-3-5-7-22/h2-9,12-15,17,19H,1,10-11,16H2,(H,31,34). The summed E-state index contributed by atoms with van der Waals surface area (Å²) in [4.78, 5) is 39.6. The Morgan fingerprint density at radius 3 is 2.65 bits per heavy atom. The van der Waals surface area contributed by atoms with Crippen LogP contribution in [0.25, 0.3) is 22.0 Å². The number of carbonyl (C=O) groups is 2. The highest BCUT2D eigenvalue weighted by atomic mass is 16.2. The molecule has 5 rings (SSSR count). The molecule has 1 N–H and O–H groups in total. The van der Waals surface area contributed by atoms with E-state index >= 15 is 0 Å². The molecule has 168 valence electrons. The Bertz CT molecular complexity index is 1370. The first-order valence-electron chi connectivity index (χ1n) is 11.1. The van der Waals surface area contributed by atoms with Crippen LogP contribution in [0.5, 0.6) is 0 Å². The zero-order valence-corrected chi connectivity index (χ0v) is 18.5. The first-order chi connectivity index (χ1) is 16.6. The van der Waals surface area contributed by atoms with Crippen molar-refractivity contribution in [3.05, 3.63) is 97.2 Å². The maximum absolute atomic E-state index is 12.5. The zero-order chi connectivity index (χ0) is 23.5. The second kappa shape index (κ2) is 9.23. The quantitative estimate of drug-likeness (QED) is 0.455. The van der Waals surface area contributed by atoms with Crippen LogP contribution in [0, 0.1) is 0 Å². The van der Waals surface area contributed by atoms with Gasteiger partial charge in [0.05, 0.1) is 5.52 Å². The molecule has 7 nitrogen and oxygen atoms in total. The van der Waals surface area contributed by atoms with E-state index in [4.69, 9.17) is 0 Å². The fraction of sp³-hybridized carbons (Fsp3) is 0.148. The molecular weight excluding hydrogens is 426 g/mol. The first kappa shape index (κ1) is 21.5. The second-order valence-electron chi connectivity index (χ2n) is 8.25. The van der Waals surface area contributed by atoms with Crippen LogP contribution in [-0.4, -0.2) is 44.8 Å². The summed E-state index contributed by atoms with van der Waals surface area (Å²) in [5.74, 6) is -0.139. The minimum atomic E-state index is -0.261. The second-order valence-corrected chi connectivity index (χ2v) is 8.25. The number of hydrogen-bond acceptors (Lipinski definition) is 5. The van der Waals surface area contributed by atoms with Crippen LogP contribution in [-0.2, 0) is 4.79 Å². The fourth-order valence-electron chi connectivity index (χ4n) is 4.37. The van der Waals surface area contributed by atoms with E-state index in [9.17, 15) is 9.59 Å². The van der Waals surface area contributed by atoms with Crippen molar-refractivity contribution in [3.8, 4) is 11.1 Å². The van der Waals surface area contributed by atoms with E-state index in [1.54, 1.807) is 24.8 Å². The third-order valence-electron chi connectivity index (χ3n) is 6.11. The maximum atomic E-state index is 12.5. The molecule has 0 saturated carbocycles. The highest BCUT2D eigenvalue weighted by molar-refractivity contribution is 6.03. The lowest BCUT2D eigenvalue weighted by Gasteiger charge is -2.17. The van der Waals surface area contributed by atoms with E-state index in [-0.39, 0.29) is 17.7 Å². The number of rotatable bonds is 5. The van der Waals surface area contributed by atoms with E-state index in [0.29, 0.717) is 18.8 Å². The smallest absolute Gasteiger partial charge is 0.274 e. The lowest BCUT2D eigenvalue weighted by atomic mass is 9.92. The number of nitrogens with zero attached hydrogens (tertiary/aromatic N) is 4. The molecule has 1 atom stereocenters. The lowest BCUT2D eigenvalue weighted by Crippen LogP contribution is -2.26. The number of pyridine rings is 1. The van der Waals surface area contributed by atoms with E-state index < -0.39 is 0 Å². The number of anilines is 1. The highest BCUT2D eigenvalue weighted by Crippen LogP contribution is 2.35. The van der Waals surface area contributed by atoms with E-state index in [0.717, 1.165) is 39.7 Å². The Morgan fingerprint density at radius 1 is 1.03 bits per heavy atom. The molecule has 7 heteroatoms. The van der Waals surface area contributed by atoms with Crippen LogP contribution in [0.4, 0.5) is 5.69 Å². The summed E-state index contributed by atoms with van der Waals surface area (Å²) in [6, 6.07) is 17.0. The van der Waals surface area contributed by atoms with Gasteiger partial charge in [0.25, 0.3) is 5.91 Å². The normalized spacial score (nSPS) is 15.3. The van der Waals surface area contributed by atoms with Crippen molar-refractivity contribution in [1.29, 1.82) is 0 Å². The monoisotopic (exact) mass is 449 g/mol. The Labute approximate surface area is 197 Å². The van der Waals surface area contributed by atoms with Crippen molar-refractivity contribution in [2.24, 2.45) is 0 Å². The lowest BCUT2D eigenvalue weighted by molar-refractivity contribution is -0.125. The minimum absolute atomic E-state index is 0.0499. The Kier molecular flexibility index (Phi) is 5.82. The number of nitrogens with one attached hydrogen (secondary N) is 1. The molecular formula is C27H23N5O2. The zero-order valence-electron chi connectivity index (χ0n) is 18.5. The molecule has 0 bridgehead atoms. The molecule has 1 fully saturated rings. The SMILES string of the molecule is C=CC(=O)N1CCC(c2cc(-c3ccc(C(=O)Nc4ccccc4)nc3)cc3cncnc23)C1. The van der Waals surface area contributed by atoms with Crippen molar-refractivity contribution < 1.29 is 9.59 Å². The molecule has 0 aliphatic carbocycles. The van der Waals surface area contributed by atoms with Crippen LogP contribution in [0.15, 0.2) is 86.0 Å². The van der Waals surface area contributed by atoms with Crippen molar-refractivity contribution >= 4 is 28.4 Å². The van der Waals surface area contributed by atoms with Crippen LogP contribution in [0.1, 0.15) is 28.4 Å². The van der Waals surface area contributed by atoms with Gasteiger partial charge in [-0.3, -0.25) is 14.6 Å². The number of amides is 2. The van der Waals surface area contributed by atoms with Gasteiger partial charge in [-0.05, 0) is 54.0 Å². The van der Waals surface area contributed by atoms with Gasteiger partial charge in [-0.1, -0.05) is 30.8 Å². The highest BCUT2D eigenvalue weighted by Gasteiger charge is 2.28. The largest absolute Gasteiger partial charge is 0.339 e. The Morgan fingerprint density at radius 2 is 1.88 bits per heavy atom. The number of benzene rings is 2. The number of hydrogen-bond donors (Lipinski definition) is 1. The molecule has 0 radical (unpaired) electrons. The molecule has 2 aromatic carbocycles. The predicted molar refractivity (Wildman–Crippen MR) is 131 cm³/mol. The van der Waals surface area contributed by atoms with E-state index in [2.05, 4.69) is 32.9 Å². The summed E-state index contributed by atoms with van der Waals surface area (Å²) < 4.78 is 0. The van der Waals surface area contributed by atoms with Gasteiger partial charge in [0.15, 0.2) is 0 Å². The van der Waals surface area contributed by atoms with Gasteiger partial charge in [0.1, 0.15) is 12.0 Å². The van der Waals surface area contributed by atoms with Crippen LogP contribution in [0.2, 0.25) is 0 Å². The van der Waals surface area contributed by atoms with Crippen molar-refractivity contribution in [2.75, 3.05) is 18.4 Å². The molecule has 2 aromatic heterocycles. The first-order valence-corrected chi connectivity index (χ1v) is 11.1. The summed E-state index contributed by atoms with van der Waals surface area (Å²) in [5, 5.41) is 3.77. The summed E-state index contributed by atoms with van der Waals surface area (Å²) in [5.41, 5.74) is 4.89. The molecule has 1 unspecified atom stereocenters. The summed E-state index contributed by atoms with van der Waals surface area (Å²) in [6.07, 6.45) is 7.27. The Balaban J connectivity index is 1.44. The van der Waals surface area contributed by atoms with Crippen LogP contribution in [0.3, 0.4) is 0 Å². The van der Waals surface area contributed by atoms with E-state index in [1.807, 2.05) is 47.4 Å². The minimum Gasteiger partial charge on any atom is -0.339 e. The van der Waals surface area contributed by atoms with Gasteiger partial charge >= 0.3 is 0 Å². The molecule has 0 spiro atoms. The van der Waals surface area contributed by atoms with Gasteiger partial charge in [0, 0.05) is 48.0 Å². The average molecular weight is 450 g/mol. The van der Waals surface area contributed by atoms with Gasteiger partial charge in [-0.25, -0.2) is 9.97 Å². The van der Waals surface area contributed by atoms with Gasteiger partial charge < -0.3 is 10.2 Å². The molecule has 1 aliphatic heterocycles. The van der Waals surface area contributed by atoms with Crippen molar-refractivity contribution in [2.45, 2.75) is 12.3 Å². The molecule has 2 amide bonds. The number of aromatic nitrogens is 3. The number of likely N-dealkylation sites (tertiary alicyclic amines) is 1.